The zero-order chi connectivity index (χ0) is 13.8. The topological polar surface area (TPSA) is 81.6 Å². The van der Waals surface area contributed by atoms with Crippen LogP contribution in [0.15, 0.2) is 29.8 Å². The Morgan fingerprint density at radius 1 is 1.42 bits per heavy atom. The van der Waals surface area contributed by atoms with Crippen molar-refractivity contribution in [3.63, 3.8) is 0 Å². The molecule has 2 rings (SSSR count). The van der Waals surface area contributed by atoms with Crippen LogP contribution in [-0.2, 0) is 4.74 Å². The van der Waals surface area contributed by atoms with Gasteiger partial charge in [0.1, 0.15) is 0 Å². The number of nitrogen functional groups attached to an aromatic ring is 2. The number of rotatable bonds is 3. The number of hydrogen-bond acceptors (Lipinski definition) is 4. The number of ether oxygens (including phenoxy) is 1. The molecule has 0 saturated carbocycles. The number of nitrogens with two attached hydrogens (primary N) is 2. The Kier molecular flexibility index (Phi) is 4.06. The van der Waals surface area contributed by atoms with Gasteiger partial charge in [-0.3, -0.25) is 4.79 Å². The molecule has 0 aliphatic carbocycles. The van der Waals surface area contributed by atoms with Crippen LogP contribution >= 0.6 is 0 Å². The largest absolute Gasteiger partial charge is 0.399 e. The van der Waals surface area contributed by atoms with Gasteiger partial charge in [-0.25, -0.2) is 0 Å². The van der Waals surface area contributed by atoms with Gasteiger partial charge in [-0.05, 0) is 30.2 Å². The van der Waals surface area contributed by atoms with Crippen LogP contribution < -0.4 is 11.5 Å². The van der Waals surface area contributed by atoms with Crippen LogP contribution in [0.4, 0.5) is 11.4 Å². The molecule has 5 nitrogen and oxygen atoms in total. The minimum atomic E-state index is -0.0507. The lowest BCUT2D eigenvalue weighted by molar-refractivity contribution is 0.0766. The maximum absolute atomic E-state index is 12.3. The maximum atomic E-state index is 12.3. The van der Waals surface area contributed by atoms with E-state index in [0.717, 1.165) is 6.42 Å². The number of carbonyl (C=O) groups excluding carboxylic acids is 1. The predicted octanol–water partition coefficient (Wildman–Crippen LogP) is 1.27. The van der Waals surface area contributed by atoms with Crippen LogP contribution in [0.5, 0.6) is 0 Å². The van der Waals surface area contributed by atoms with Crippen LogP contribution in [0.25, 0.3) is 0 Å². The number of anilines is 2. The fourth-order valence-corrected chi connectivity index (χ4v) is 2.16. The van der Waals surface area contributed by atoms with Gasteiger partial charge in [0.25, 0.3) is 5.91 Å². The quantitative estimate of drug-likeness (QED) is 0.634. The first-order valence-electron chi connectivity index (χ1n) is 6.23. The molecule has 1 heterocycles. The van der Waals surface area contributed by atoms with Crippen LogP contribution in [0.3, 0.4) is 0 Å². The summed E-state index contributed by atoms with van der Waals surface area (Å²) in [6.07, 6.45) is 2.88. The van der Waals surface area contributed by atoms with Gasteiger partial charge in [0.05, 0.1) is 12.2 Å². The van der Waals surface area contributed by atoms with E-state index in [4.69, 9.17) is 16.2 Å². The van der Waals surface area contributed by atoms with Crippen molar-refractivity contribution < 1.29 is 9.53 Å². The van der Waals surface area contributed by atoms with Crippen LogP contribution in [0.1, 0.15) is 16.8 Å². The van der Waals surface area contributed by atoms with Crippen LogP contribution in [-0.4, -0.2) is 37.6 Å². The summed E-state index contributed by atoms with van der Waals surface area (Å²) < 4.78 is 5.09. The van der Waals surface area contributed by atoms with Gasteiger partial charge in [-0.15, -0.1) is 0 Å². The summed E-state index contributed by atoms with van der Waals surface area (Å²) >= 11 is 0. The maximum Gasteiger partial charge on any atom is 0.256 e. The number of hydrogen-bond donors (Lipinski definition) is 2. The molecule has 4 N–H and O–H groups in total. The average molecular weight is 261 g/mol. The van der Waals surface area contributed by atoms with E-state index in [1.54, 1.807) is 30.2 Å². The van der Waals surface area contributed by atoms with Crippen molar-refractivity contribution in [2.45, 2.75) is 6.42 Å². The molecule has 0 unspecified atom stereocenters. The van der Waals surface area contributed by atoms with Crippen molar-refractivity contribution in [1.29, 1.82) is 0 Å². The number of methoxy groups -OCH3 is 1. The van der Waals surface area contributed by atoms with Crippen molar-refractivity contribution in [2.24, 2.45) is 0 Å². The Hall–Kier alpha value is -2.01. The van der Waals surface area contributed by atoms with E-state index in [1.807, 2.05) is 6.08 Å². The highest BCUT2D eigenvalue weighted by molar-refractivity contribution is 5.99. The number of nitrogens with zero attached hydrogens (tertiary/aromatic N) is 1. The van der Waals surface area contributed by atoms with Crippen LogP contribution in [0.2, 0.25) is 0 Å². The molecular weight excluding hydrogens is 242 g/mol. The second kappa shape index (κ2) is 5.75. The second-order valence-corrected chi connectivity index (χ2v) is 4.64. The lowest BCUT2D eigenvalue weighted by atomic mass is 10.1. The Labute approximate surface area is 112 Å². The minimum Gasteiger partial charge on any atom is -0.399 e. The van der Waals surface area contributed by atoms with Crippen molar-refractivity contribution in [3.8, 4) is 0 Å². The lowest BCUT2D eigenvalue weighted by Crippen LogP contribution is -2.35. The van der Waals surface area contributed by atoms with E-state index in [9.17, 15) is 4.79 Å². The molecule has 1 amide bonds. The van der Waals surface area contributed by atoms with E-state index >= 15 is 0 Å². The molecule has 0 fully saturated rings. The fraction of sp³-hybridized carbons (Fsp3) is 0.357. The Bertz CT molecular complexity index is 511. The van der Waals surface area contributed by atoms with Gasteiger partial charge in [0.2, 0.25) is 0 Å². The summed E-state index contributed by atoms with van der Waals surface area (Å²) in [5, 5.41) is 0. The fourth-order valence-electron chi connectivity index (χ4n) is 2.16. The third-order valence-corrected chi connectivity index (χ3v) is 3.23. The molecule has 5 heteroatoms. The van der Waals surface area contributed by atoms with Gasteiger partial charge in [-0.1, -0.05) is 6.08 Å². The summed E-state index contributed by atoms with van der Waals surface area (Å²) in [4.78, 5) is 14.1. The first-order valence-corrected chi connectivity index (χ1v) is 6.23. The Morgan fingerprint density at radius 2 is 2.21 bits per heavy atom. The van der Waals surface area contributed by atoms with Gasteiger partial charge in [0, 0.05) is 31.6 Å². The molecular formula is C14H19N3O2. The minimum absolute atomic E-state index is 0.0507. The average Bonchev–Trinajstić information content (AvgIpc) is 2.39. The summed E-state index contributed by atoms with van der Waals surface area (Å²) in [7, 11) is 1.67. The van der Waals surface area contributed by atoms with Gasteiger partial charge in [0.15, 0.2) is 0 Å². The highest BCUT2D eigenvalue weighted by atomic mass is 16.5. The third-order valence-electron chi connectivity index (χ3n) is 3.23. The standard InChI is InChI=1S/C14H19N3O2/c1-19-9-10-4-6-17(7-5-10)14(18)12-3-2-11(15)8-13(12)16/h2-4,8H,5-7,9,15-16H2,1H3. The van der Waals surface area contributed by atoms with Gasteiger partial charge < -0.3 is 21.1 Å². The molecule has 0 saturated heterocycles. The SMILES string of the molecule is COCC1=CCN(C(=O)c2ccc(N)cc2N)CC1. The van der Waals surface area contributed by atoms with E-state index in [1.165, 1.54) is 5.57 Å². The van der Waals surface area contributed by atoms with Crippen molar-refractivity contribution in [3.05, 3.63) is 35.4 Å². The molecule has 102 valence electrons. The molecule has 0 bridgehead atoms. The molecule has 0 radical (unpaired) electrons. The molecule has 1 aliphatic rings. The number of amides is 1. The number of carbonyl (C=O) groups is 1. The summed E-state index contributed by atoms with van der Waals surface area (Å²) in [5.74, 6) is -0.0507. The summed E-state index contributed by atoms with van der Waals surface area (Å²) in [5.41, 5.74) is 14.2. The van der Waals surface area contributed by atoms with Crippen molar-refractivity contribution in [1.82, 2.24) is 4.90 Å². The van der Waals surface area contributed by atoms with E-state index in [-0.39, 0.29) is 5.91 Å². The first-order chi connectivity index (χ1) is 9.11. The molecule has 0 spiro atoms. The molecule has 1 aromatic carbocycles. The summed E-state index contributed by atoms with van der Waals surface area (Å²) in [6.45, 7) is 1.92. The molecule has 1 aliphatic heterocycles. The van der Waals surface area contributed by atoms with E-state index in [0.29, 0.717) is 36.6 Å². The smallest absolute Gasteiger partial charge is 0.256 e. The van der Waals surface area contributed by atoms with E-state index in [2.05, 4.69) is 0 Å². The number of benzene rings is 1. The van der Waals surface area contributed by atoms with E-state index < -0.39 is 0 Å². The Balaban J connectivity index is 2.09. The third kappa shape index (κ3) is 3.06. The predicted molar refractivity (Wildman–Crippen MR) is 75.7 cm³/mol. The van der Waals surface area contributed by atoms with Crippen LogP contribution in [0, 0.1) is 0 Å². The van der Waals surface area contributed by atoms with Crippen molar-refractivity contribution in [2.75, 3.05) is 38.3 Å². The monoisotopic (exact) mass is 261 g/mol. The van der Waals surface area contributed by atoms with Crippen molar-refractivity contribution >= 4 is 17.3 Å². The van der Waals surface area contributed by atoms with Gasteiger partial charge in [-0.2, -0.15) is 0 Å². The second-order valence-electron chi connectivity index (χ2n) is 4.64. The highest BCUT2D eigenvalue weighted by Crippen LogP contribution is 2.20. The molecule has 0 atom stereocenters. The molecule has 19 heavy (non-hydrogen) atoms. The zero-order valence-corrected chi connectivity index (χ0v) is 11.1. The first kappa shape index (κ1) is 13.4. The van der Waals surface area contributed by atoms with Gasteiger partial charge >= 0.3 is 0 Å². The Morgan fingerprint density at radius 3 is 2.79 bits per heavy atom. The summed E-state index contributed by atoms with van der Waals surface area (Å²) in [6, 6.07) is 4.99. The lowest BCUT2D eigenvalue weighted by Gasteiger charge is -2.27. The molecule has 0 aromatic heterocycles. The zero-order valence-electron chi connectivity index (χ0n) is 11.1. The molecule has 1 aromatic rings. The highest BCUT2D eigenvalue weighted by Gasteiger charge is 2.20. The normalized spacial score (nSPS) is 15.2.